The molecule has 2 heterocycles. The first kappa shape index (κ1) is 13.3. The zero-order valence-corrected chi connectivity index (χ0v) is 12.0. The molecule has 0 spiro atoms. The quantitative estimate of drug-likeness (QED) is 0.587. The monoisotopic (exact) mass is 307 g/mol. The number of hydrogen-bond donors (Lipinski definition) is 1. The van der Waals surface area contributed by atoms with Crippen molar-refractivity contribution in [2.24, 2.45) is 0 Å². The van der Waals surface area contributed by atoms with Gasteiger partial charge < -0.3 is 10.1 Å². The van der Waals surface area contributed by atoms with E-state index in [-0.39, 0.29) is 5.69 Å². The lowest BCUT2D eigenvalue weighted by atomic mass is 10.3. The highest BCUT2D eigenvalue weighted by molar-refractivity contribution is 7.98. The SMILES string of the molecule is Nc1ccc(SCc2cn3cc(Cl)ccc3n2)cc1F. The molecule has 0 bridgehead atoms. The van der Waals surface area contributed by atoms with Gasteiger partial charge in [-0.1, -0.05) is 11.6 Å². The van der Waals surface area contributed by atoms with Crippen LogP contribution in [0.4, 0.5) is 10.1 Å². The zero-order chi connectivity index (χ0) is 14.1. The Hall–Kier alpha value is -1.72. The van der Waals surface area contributed by atoms with E-state index in [9.17, 15) is 4.39 Å². The number of pyridine rings is 1. The predicted octanol–water partition coefficient (Wildman–Crippen LogP) is 4.00. The second-order valence-electron chi connectivity index (χ2n) is 4.32. The summed E-state index contributed by atoms with van der Waals surface area (Å²) in [4.78, 5) is 5.30. The molecule has 0 atom stereocenters. The van der Waals surface area contributed by atoms with Crippen LogP contribution in [0.5, 0.6) is 0 Å². The number of aromatic nitrogens is 2. The summed E-state index contributed by atoms with van der Waals surface area (Å²) in [6.07, 6.45) is 3.73. The lowest BCUT2D eigenvalue weighted by molar-refractivity contribution is 0.629. The minimum Gasteiger partial charge on any atom is -0.396 e. The predicted molar refractivity (Wildman–Crippen MR) is 80.6 cm³/mol. The van der Waals surface area contributed by atoms with Crippen molar-refractivity contribution < 1.29 is 4.39 Å². The zero-order valence-electron chi connectivity index (χ0n) is 10.4. The lowest BCUT2D eigenvalue weighted by Crippen LogP contribution is -1.90. The average molecular weight is 308 g/mol. The Balaban J connectivity index is 1.77. The highest BCUT2D eigenvalue weighted by Crippen LogP contribution is 2.25. The van der Waals surface area contributed by atoms with Crippen LogP contribution in [0.1, 0.15) is 5.69 Å². The van der Waals surface area contributed by atoms with Crippen LogP contribution in [0.3, 0.4) is 0 Å². The normalized spacial score (nSPS) is 11.1. The van der Waals surface area contributed by atoms with Gasteiger partial charge in [-0.15, -0.1) is 11.8 Å². The molecule has 0 aliphatic carbocycles. The Morgan fingerprint density at radius 1 is 1.25 bits per heavy atom. The minimum absolute atomic E-state index is 0.164. The molecule has 0 amide bonds. The summed E-state index contributed by atoms with van der Waals surface area (Å²) >= 11 is 7.44. The van der Waals surface area contributed by atoms with E-state index in [1.807, 2.05) is 16.7 Å². The molecule has 20 heavy (non-hydrogen) atoms. The summed E-state index contributed by atoms with van der Waals surface area (Å²) in [7, 11) is 0. The second-order valence-corrected chi connectivity index (χ2v) is 5.80. The first-order valence-corrected chi connectivity index (χ1v) is 7.29. The van der Waals surface area contributed by atoms with Crippen LogP contribution < -0.4 is 5.73 Å². The van der Waals surface area contributed by atoms with Gasteiger partial charge in [0.25, 0.3) is 0 Å². The molecular weight excluding hydrogens is 297 g/mol. The Morgan fingerprint density at radius 3 is 2.90 bits per heavy atom. The standard InChI is InChI=1S/C14H11ClFN3S/c15-9-1-4-14-18-10(7-19(14)6-9)8-20-11-2-3-13(17)12(16)5-11/h1-7H,8,17H2. The van der Waals surface area contributed by atoms with Gasteiger partial charge in [0.1, 0.15) is 11.5 Å². The number of thioether (sulfide) groups is 1. The van der Waals surface area contributed by atoms with Crippen molar-refractivity contribution in [3.63, 3.8) is 0 Å². The number of anilines is 1. The van der Waals surface area contributed by atoms with Gasteiger partial charge in [-0.25, -0.2) is 9.37 Å². The van der Waals surface area contributed by atoms with E-state index < -0.39 is 5.82 Å². The van der Waals surface area contributed by atoms with Crippen LogP contribution in [0, 0.1) is 5.82 Å². The van der Waals surface area contributed by atoms with Crippen LogP contribution in [0.2, 0.25) is 5.02 Å². The summed E-state index contributed by atoms with van der Waals surface area (Å²) in [6, 6.07) is 8.47. The summed E-state index contributed by atoms with van der Waals surface area (Å²) in [6.45, 7) is 0. The largest absolute Gasteiger partial charge is 0.396 e. The highest BCUT2D eigenvalue weighted by Gasteiger charge is 2.05. The number of fused-ring (bicyclic) bond motifs is 1. The van der Waals surface area contributed by atoms with E-state index >= 15 is 0 Å². The smallest absolute Gasteiger partial charge is 0.147 e. The summed E-state index contributed by atoms with van der Waals surface area (Å²) in [5.41, 5.74) is 7.37. The Kier molecular flexibility index (Phi) is 3.54. The van der Waals surface area contributed by atoms with E-state index in [1.165, 1.54) is 17.8 Å². The molecule has 2 aromatic heterocycles. The number of nitrogens with two attached hydrogens (primary N) is 1. The van der Waals surface area contributed by atoms with Crippen LogP contribution in [0.15, 0.2) is 47.6 Å². The molecule has 3 rings (SSSR count). The van der Waals surface area contributed by atoms with E-state index in [0.717, 1.165) is 16.2 Å². The Bertz CT molecular complexity index is 772. The molecule has 3 nitrogen and oxygen atoms in total. The Labute approximate surface area is 124 Å². The van der Waals surface area contributed by atoms with Gasteiger partial charge in [0.05, 0.1) is 16.4 Å². The van der Waals surface area contributed by atoms with Gasteiger partial charge in [0.2, 0.25) is 0 Å². The lowest BCUT2D eigenvalue weighted by Gasteiger charge is -2.01. The maximum atomic E-state index is 13.3. The molecule has 0 unspecified atom stereocenters. The van der Waals surface area contributed by atoms with Crippen molar-refractivity contribution in [1.82, 2.24) is 9.38 Å². The van der Waals surface area contributed by atoms with Gasteiger partial charge in [0, 0.05) is 23.0 Å². The van der Waals surface area contributed by atoms with Crippen molar-refractivity contribution in [3.8, 4) is 0 Å². The van der Waals surface area contributed by atoms with Crippen molar-refractivity contribution in [2.45, 2.75) is 10.6 Å². The van der Waals surface area contributed by atoms with E-state index in [4.69, 9.17) is 17.3 Å². The fourth-order valence-electron chi connectivity index (χ4n) is 1.84. The van der Waals surface area contributed by atoms with Crippen LogP contribution in [0.25, 0.3) is 5.65 Å². The molecule has 0 aliphatic rings. The maximum absolute atomic E-state index is 13.3. The molecule has 0 saturated heterocycles. The Morgan fingerprint density at radius 2 is 2.10 bits per heavy atom. The molecule has 2 N–H and O–H groups in total. The number of nitrogen functional groups attached to an aromatic ring is 1. The van der Waals surface area contributed by atoms with Gasteiger partial charge >= 0.3 is 0 Å². The third-order valence-corrected chi connectivity index (χ3v) is 4.07. The molecule has 0 aliphatic heterocycles. The molecule has 3 aromatic rings. The average Bonchev–Trinajstić information content (AvgIpc) is 2.82. The number of imidazole rings is 1. The van der Waals surface area contributed by atoms with Crippen molar-refractivity contribution in [3.05, 3.63) is 59.3 Å². The maximum Gasteiger partial charge on any atom is 0.147 e. The van der Waals surface area contributed by atoms with Gasteiger partial charge in [-0.2, -0.15) is 0 Å². The van der Waals surface area contributed by atoms with Crippen LogP contribution in [-0.2, 0) is 5.75 Å². The number of rotatable bonds is 3. The fraction of sp³-hybridized carbons (Fsp3) is 0.0714. The van der Waals surface area contributed by atoms with Gasteiger partial charge in [-0.3, -0.25) is 0 Å². The number of halogens is 2. The third kappa shape index (κ3) is 2.73. The number of nitrogens with zero attached hydrogens (tertiary/aromatic N) is 2. The molecule has 6 heteroatoms. The topological polar surface area (TPSA) is 43.3 Å². The van der Waals surface area contributed by atoms with Gasteiger partial charge in [-0.05, 0) is 30.3 Å². The van der Waals surface area contributed by atoms with E-state index in [2.05, 4.69) is 4.98 Å². The van der Waals surface area contributed by atoms with E-state index in [1.54, 1.807) is 24.4 Å². The molecule has 1 aromatic carbocycles. The minimum atomic E-state index is -0.392. The first-order valence-electron chi connectivity index (χ1n) is 5.93. The highest BCUT2D eigenvalue weighted by atomic mass is 35.5. The number of hydrogen-bond acceptors (Lipinski definition) is 3. The number of benzene rings is 1. The van der Waals surface area contributed by atoms with E-state index in [0.29, 0.717) is 10.8 Å². The van der Waals surface area contributed by atoms with Crippen molar-refractivity contribution in [1.29, 1.82) is 0 Å². The third-order valence-electron chi connectivity index (χ3n) is 2.82. The summed E-state index contributed by atoms with van der Waals surface area (Å²) in [5, 5.41) is 0.662. The molecular formula is C14H11ClFN3S. The summed E-state index contributed by atoms with van der Waals surface area (Å²) in [5.74, 6) is 0.264. The summed E-state index contributed by atoms with van der Waals surface area (Å²) < 4.78 is 15.2. The van der Waals surface area contributed by atoms with Crippen LogP contribution in [-0.4, -0.2) is 9.38 Å². The van der Waals surface area contributed by atoms with Crippen LogP contribution >= 0.6 is 23.4 Å². The molecule has 0 saturated carbocycles. The van der Waals surface area contributed by atoms with Gasteiger partial charge in [0.15, 0.2) is 0 Å². The fourth-order valence-corrected chi connectivity index (χ4v) is 2.81. The molecule has 0 fully saturated rings. The first-order chi connectivity index (χ1) is 9.61. The second kappa shape index (κ2) is 5.34. The van der Waals surface area contributed by atoms with Crippen molar-refractivity contribution >= 4 is 34.7 Å². The molecule has 102 valence electrons. The van der Waals surface area contributed by atoms with Crippen molar-refractivity contribution in [2.75, 3.05) is 5.73 Å². The molecule has 0 radical (unpaired) electrons.